The number of hydrogen-bond acceptors (Lipinski definition) is 8. The van der Waals surface area contributed by atoms with E-state index in [0.29, 0.717) is 54.0 Å². The maximum absolute atomic E-state index is 16.0. The van der Waals surface area contributed by atoms with Crippen LogP contribution in [0.15, 0.2) is 42.6 Å². The van der Waals surface area contributed by atoms with Gasteiger partial charge in [-0.1, -0.05) is 41.9 Å². The van der Waals surface area contributed by atoms with E-state index in [0.717, 1.165) is 30.2 Å². The summed E-state index contributed by atoms with van der Waals surface area (Å²) >= 11 is 6.48. The number of rotatable bonds is 5. The lowest BCUT2D eigenvalue weighted by Crippen LogP contribution is -2.34. The predicted molar refractivity (Wildman–Crippen MR) is 165 cm³/mol. The first-order valence-electron chi connectivity index (χ1n) is 14.8. The highest BCUT2D eigenvalue weighted by Crippen LogP contribution is 2.38. The molecular weight excluding hydrogens is 572 g/mol. The van der Waals surface area contributed by atoms with Crippen LogP contribution in [0.5, 0.6) is 6.01 Å². The maximum atomic E-state index is 16.0. The van der Waals surface area contributed by atoms with Crippen LogP contribution in [-0.2, 0) is 0 Å². The van der Waals surface area contributed by atoms with Crippen molar-refractivity contribution < 1.29 is 13.5 Å². The highest BCUT2D eigenvalue weighted by atomic mass is 35.5. The van der Waals surface area contributed by atoms with Crippen molar-refractivity contribution in [2.45, 2.75) is 50.9 Å². The van der Waals surface area contributed by atoms with E-state index in [-0.39, 0.29) is 23.3 Å². The Labute approximate surface area is 254 Å². The van der Waals surface area contributed by atoms with E-state index in [4.69, 9.17) is 16.3 Å². The van der Waals surface area contributed by atoms with E-state index in [2.05, 4.69) is 26.0 Å². The van der Waals surface area contributed by atoms with Crippen LogP contribution in [0.2, 0.25) is 5.02 Å². The van der Waals surface area contributed by atoms with Crippen molar-refractivity contribution in [3.63, 3.8) is 0 Å². The third-order valence-corrected chi connectivity index (χ3v) is 9.08. The fraction of sp³-hybridized carbons (Fsp3) is 0.438. The molecule has 8 nitrogen and oxygen atoms in total. The summed E-state index contributed by atoms with van der Waals surface area (Å²) in [5, 5.41) is 12.1. The molecule has 224 valence electrons. The standard InChI is InChI=1S/C25H22ClFN6O.C7H12FN/c1-3-32(14-28)16-10-11-33(13-16)24-18-12-29-22(21(27)23(18)30-25(31-24)34-2)17-8-4-6-15-7-5-9-19(26)20(15)17;8-6-4-7-2-1-3-9(7)5-6/h4-9,12,16H,3,10-11,13H2,1-2H3;6-7H,1-5H2. The van der Waals surface area contributed by atoms with Crippen LogP contribution in [-0.4, -0.2) is 82.8 Å². The van der Waals surface area contributed by atoms with Crippen molar-refractivity contribution in [3.8, 4) is 23.5 Å². The molecule has 0 amide bonds. The Morgan fingerprint density at radius 1 is 1.14 bits per heavy atom. The first kappa shape index (κ1) is 29.3. The van der Waals surface area contributed by atoms with Gasteiger partial charge in [-0.25, -0.2) is 8.78 Å². The van der Waals surface area contributed by atoms with Gasteiger partial charge in [-0.2, -0.15) is 15.2 Å². The van der Waals surface area contributed by atoms with Crippen LogP contribution in [0.3, 0.4) is 0 Å². The quantitative estimate of drug-likeness (QED) is 0.196. The summed E-state index contributed by atoms with van der Waals surface area (Å²) in [6.45, 7) is 5.72. The number of hydrogen-bond donors (Lipinski definition) is 0. The van der Waals surface area contributed by atoms with Gasteiger partial charge in [-0.3, -0.25) is 9.88 Å². The monoisotopic (exact) mass is 605 g/mol. The zero-order valence-corrected chi connectivity index (χ0v) is 25.1. The Hall–Kier alpha value is -3.81. The van der Waals surface area contributed by atoms with E-state index >= 15 is 4.39 Å². The highest BCUT2D eigenvalue weighted by molar-refractivity contribution is 6.36. The second kappa shape index (κ2) is 12.4. The maximum Gasteiger partial charge on any atom is 0.318 e. The molecule has 3 unspecified atom stereocenters. The Kier molecular flexibility index (Phi) is 8.46. The van der Waals surface area contributed by atoms with E-state index in [1.54, 1.807) is 23.2 Å². The minimum Gasteiger partial charge on any atom is -0.467 e. The molecule has 4 aromatic rings. The first-order chi connectivity index (χ1) is 20.9. The summed E-state index contributed by atoms with van der Waals surface area (Å²) in [7, 11) is 1.46. The average Bonchev–Trinajstić information content (AvgIpc) is 3.75. The van der Waals surface area contributed by atoms with Gasteiger partial charge in [0, 0.05) is 54.4 Å². The Morgan fingerprint density at radius 2 is 1.95 bits per heavy atom. The van der Waals surface area contributed by atoms with Gasteiger partial charge in [0.1, 0.15) is 23.2 Å². The molecule has 2 aromatic heterocycles. The molecule has 43 heavy (non-hydrogen) atoms. The number of halogens is 3. The third-order valence-electron chi connectivity index (χ3n) is 8.77. The Morgan fingerprint density at radius 3 is 2.70 bits per heavy atom. The molecule has 0 saturated carbocycles. The minimum atomic E-state index is -0.560. The number of benzene rings is 2. The number of ether oxygens (including phenoxy) is 1. The normalized spacial score (nSPS) is 21.5. The molecule has 7 rings (SSSR count). The minimum absolute atomic E-state index is 0.0703. The number of aromatic nitrogens is 3. The topological polar surface area (TPSA) is 81.4 Å². The zero-order chi connectivity index (χ0) is 30.1. The van der Waals surface area contributed by atoms with Gasteiger partial charge in [0.25, 0.3) is 0 Å². The molecule has 0 aliphatic carbocycles. The van der Waals surface area contributed by atoms with Gasteiger partial charge in [0.15, 0.2) is 12.0 Å². The largest absolute Gasteiger partial charge is 0.467 e. The van der Waals surface area contributed by atoms with Crippen molar-refractivity contribution >= 4 is 39.1 Å². The summed E-state index contributed by atoms with van der Waals surface area (Å²) in [5.41, 5.74) is 0.890. The van der Waals surface area contributed by atoms with Crippen LogP contribution < -0.4 is 9.64 Å². The number of alkyl halides is 1. The number of methoxy groups -OCH3 is 1. The lowest BCUT2D eigenvalue weighted by molar-refractivity contribution is 0.292. The Bertz CT molecular complexity index is 1660. The van der Waals surface area contributed by atoms with Crippen molar-refractivity contribution in [2.24, 2.45) is 0 Å². The molecule has 3 aliphatic heterocycles. The van der Waals surface area contributed by atoms with Crippen LogP contribution in [0.1, 0.15) is 32.6 Å². The fourth-order valence-electron chi connectivity index (χ4n) is 6.66. The lowest BCUT2D eigenvalue weighted by atomic mass is 10.0. The summed E-state index contributed by atoms with van der Waals surface area (Å²) < 4.78 is 33.9. The zero-order valence-electron chi connectivity index (χ0n) is 24.3. The third kappa shape index (κ3) is 5.64. The van der Waals surface area contributed by atoms with E-state index < -0.39 is 12.0 Å². The molecule has 0 spiro atoms. The highest BCUT2D eigenvalue weighted by Gasteiger charge is 2.35. The van der Waals surface area contributed by atoms with Gasteiger partial charge in [0.05, 0.1) is 18.5 Å². The molecule has 3 atom stereocenters. The van der Waals surface area contributed by atoms with Gasteiger partial charge in [-0.15, -0.1) is 0 Å². The average molecular weight is 606 g/mol. The Balaban J connectivity index is 0.000000310. The predicted octanol–water partition coefficient (Wildman–Crippen LogP) is 6.22. The molecule has 3 saturated heterocycles. The van der Waals surface area contributed by atoms with Crippen molar-refractivity contribution in [3.05, 3.63) is 53.4 Å². The number of nitriles is 1. The van der Waals surface area contributed by atoms with Crippen LogP contribution in [0.25, 0.3) is 32.9 Å². The molecular formula is C32H34ClF2N7O. The summed E-state index contributed by atoms with van der Waals surface area (Å²) in [4.78, 5) is 19.4. The van der Waals surface area contributed by atoms with E-state index in [9.17, 15) is 9.65 Å². The lowest BCUT2D eigenvalue weighted by Gasteiger charge is -2.23. The summed E-state index contributed by atoms with van der Waals surface area (Å²) in [6.07, 6.45) is 7.47. The number of fused-ring (bicyclic) bond motifs is 3. The SMILES string of the molecule is CCN(C#N)C1CCN(c2nc(OC)nc3c(F)c(-c4cccc5cccc(Cl)c45)ncc23)C1.FC1CC2CCCN2C1. The molecule has 5 heterocycles. The number of anilines is 1. The molecule has 0 bridgehead atoms. The molecule has 2 aromatic carbocycles. The van der Waals surface area contributed by atoms with Crippen LogP contribution in [0.4, 0.5) is 14.6 Å². The second-order valence-corrected chi connectivity index (χ2v) is 11.7. The molecule has 0 N–H and O–H groups in total. The summed E-state index contributed by atoms with van der Waals surface area (Å²) in [5.74, 6) is -0.0120. The smallest absolute Gasteiger partial charge is 0.318 e. The number of pyridine rings is 1. The van der Waals surface area contributed by atoms with Gasteiger partial charge in [-0.05, 0) is 50.6 Å². The van der Waals surface area contributed by atoms with Crippen molar-refractivity contribution in [2.75, 3.05) is 44.7 Å². The van der Waals surface area contributed by atoms with Crippen LogP contribution in [0, 0.1) is 17.3 Å². The van der Waals surface area contributed by atoms with Crippen molar-refractivity contribution in [1.29, 1.82) is 5.26 Å². The number of nitrogens with zero attached hydrogens (tertiary/aromatic N) is 7. The number of likely N-dealkylation sites (N-methyl/N-ethyl adjacent to an activating group) is 1. The van der Waals surface area contributed by atoms with Gasteiger partial charge in [0.2, 0.25) is 0 Å². The first-order valence-corrected chi connectivity index (χ1v) is 15.2. The molecule has 11 heteroatoms. The second-order valence-electron chi connectivity index (χ2n) is 11.3. The van der Waals surface area contributed by atoms with Crippen molar-refractivity contribution in [1.82, 2.24) is 24.8 Å². The molecule has 3 fully saturated rings. The van der Waals surface area contributed by atoms with Crippen LogP contribution >= 0.6 is 11.6 Å². The van der Waals surface area contributed by atoms with E-state index in [1.165, 1.54) is 20.0 Å². The molecule has 0 radical (unpaired) electrons. The van der Waals surface area contributed by atoms with E-state index in [1.807, 2.05) is 36.1 Å². The van der Waals surface area contributed by atoms with Gasteiger partial charge < -0.3 is 14.5 Å². The molecule has 3 aliphatic rings. The summed E-state index contributed by atoms with van der Waals surface area (Å²) in [6, 6.07) is 11.9. The fourth-order valence-corrected chi connectivity index (χ4v) is 6.94. The van der Waals surface area contributed by atoms with Gasteiger partial charge >= 0.3 is 6.01 Å².